The van der Waals surface area contributed by atoms with E-state index in [0.29, 0.717) is 11.1 Å². The van der Waals surface area contributed by atoms with Crippen molar-refractivity contribution in [3.05, 3.63) is 73.2 Å². The summed E-state index contributed by atoms with van der Waals surface area (Å²) in [6, 6.07) is 6.68. The Bertz CT molecular complexity index is 1040. The zero-order valence-corrected chi connectivity index (χ0v) is 19.2. The molecule has 1 aliphatic rings. The van der Waals surface area contributed by atoms with Crippen LogP contribution in [0.25, 0.3) is 5.70 Å². The van der Waals surface area contributed by atoms with Crippen LogP contribution in [0.4, 0.5) is 13.2 Å². The summed E-state index contributed by atoms with van der Waals surface area (Å²) in [7, 11) is 0. The van der Waals surface area contributed by atoms with E-state index < -0.39 is 11.8 Å². The van der Waals surface area contributed by atoms with E-state index in [9.17, 15) is 18.0 Å². The number of rotatable bonds is 5. The third-order valence-corrected chi connectivity index (χ3v) is 6.32. The molecule has 1 atom stereocenters. The molecule has 4 nitrogen and oxygen atoms in total. The number of thiol groups is 1. The average Bonchev–Trinajstić information content (AvgIpc) is 3.17. The zero-order chi connectivity index (χ0) is 23.0. The highest BCUT2D eigenvalue weighted by Crippen LogP contribution is 2.49. The summed E-state index contributed by atoms with van der Waals surface area (Å²) >= 11 is 27.8. The number of amides is 1. The van der Waals surface area contributed by atoms with Crippen LogP contribution in [-0.2, 0) is 21.8 Å². The minimum absolute atomic E-state index is 0.0160. The topological polar surface area (TPSA) is 50.4 Å². The molecule has 1 aliphatic heterocycles. The Hall–Kier alpha value is -1.29. The number of hydrogen-bond acceptors (Lipinski definition) is 4. The Kier molecular flexibility index (Phi) is 7.30. The lowest BCUT2D eigenvalue weighted by Gasteiger charge is -2.29. The monoisotopic (exact) mass is 530 g/mol. The fourth-order valence-electron chi connectivity index (χ4n) is 2.86. The van der Waals surface area contributed by atoms with Gasteiger partial charge in [0.25, 0.3) is 0 Å². The normalized spacial score (nSPS) is 18.5. The molecule has 166 valence electrons. The number of carbonyl (C=O) groups excluding carboxylic acids is 1. The Morgan fingerprint density at radius 2 is 1.74 bits per heavy atom. The lowest BCUT2D eigenvalue weighted by molar-refractivity contribution is -0.269. The molecule has 1 heterocycles. The van der Waals surface area contributed by atoms with E-state index in [4.69, 9.17) is 51.2 Å². The van der Waals surface area contributed by atoms with Crippen LogP contribution in [0.3, 0.4) is 0 Å². The SMILES string of the molecule is O=C(CS)NCc1ccc(C2=CC(c3cc(Cl)c(Cl)c(Cl)c3)(C(F)(F)F)ON2)cc1Cl. The summed E-state index contributed by atoms with van der Waals surface area (Å²) < 4.78 is 42.3. The predicted octanol–water partition coefficient (Wildman–Crippen LogP) is 6.18. The molecule has 0 saturated heterocycles. The smallest absolute Gasteiger partial charge is 0.351 e. The molecule has 0 aromatic heterocycles. The van der Waals surface area contributed by atoms with Gasteiger partial charge in [0.05, 0.1) is 26.5 Å². The minimum Gasteiger partial charge on any atom is -0.351 e. The van der Waals surface area contributed by atoms with Crippen LogP contribution >= 0.6 is 59.0 Å². The summed E-state index contributed by atoms with van der Waals surface area (Å²) in [5.41, 5.74) is 0.0644. The second-order valence-corrected chi connectivity index (χ2v) is 8.41. The number of carbonyl (C=O) groups is 1. The van der Waals surface area contributed by atoms with Crippen LogP contribution in [0.1, 0.15) is 16.7 Å². The maximum absolute atomic E-state index is 14.1. The molecule has 0 saturated carbocycles. The fourth-order valence-corrected chi connectivity index (χ4v) is 3.82. The molecule has 31 heavy (non-hydrogen) atoms. The molecule has 12 heteroatoms. The molecule has 0 fully saturated rings. The van der Waals surface area contributed by atoms with Crippen molar-refractivity contribution in [1.29, 1.82) is 0 Å². The molecule has 1 unspecified atom stereocenters. The second kappa shape index (κ2) is 9.29. The van der Waals surface area contributed by atoms with E-state index >= 15 is 0 Å². The molecule has 0 spiro atoms. The van der Waals surface area contributed by atoms with Crippen molar-refractivity contribution in [1.82, 2.24) is 10.8 Å². The van der Waals surface area contributed by atoms with Crippen molar-refractivity contribution in [3.63, 3.8) is 0 Å². The van der Waals surface area contributed by atoms with E-state index in [-0.39, 0.29) is 49.6 Å². The predicted molar refractivity (Wildman–Crippen MR) is 119 cm³/mol. The lowest BCUT2D eigenvalue weighted by Crippen LogP contribution is -2.42. The van der Waals surface area contributed by atoms with Crippen molar-refractivity contribution in [2.24, 2.45) is 0 Å². The molecule has 0 bridgehead atoms. The van der Waals surface area contributed by atoms with Gasteiger partial charge >= 0.3 is 6.18 Å². The number of halogens is 7. The van der Waals surface area contributed by atoms with Gasteiger partial charge in [-0.1, -0.05) is 58.5 Å². The van der Waals surface area contributed by atoms with E-state index in [1.165, 1.54) is 6.07 Å². The molecule has 0 aliphatic carbocycles. The van der Waals surface area contributed by atoms with Gasteiger partial charge in [0.2, 0.25) is 11.5 Å². The summed E-state index contributed by atoms with van der Waals surface area (Å²) in [5, 5.41) is 2.51. The van der Waals surface area contributed by atoms with Crippen LogP contribution in [0.15, 0.2) is 36.4 Å². The summed E-state index contributed by atoms with van der Waals surface area (Å²) in [5.74, 6) is -0.269. The number of hydrogen-bond donors (Lipinski definition) is 3. The average molecular weight is 532 g/mol. The molecular formula is C19H13Cl4F3N2O2S. The highest BCUT2D eigenvalue weighted by molar-refractivity contribution is 7.81. The Morgan fingerprint density at radius 3 is 2.29 bits per heavy atom. The standard InChI is InChI=1S/C19H13Cl4F3N2O2S/c20-12-3-9(1-2-10(12)7-27-16(29)8-31)15-6-18(30-28-15,19(24,25)26)11-4-13(21)17(23)14(22)5-11/h1-6,28,31H,7-8H2,(H,27,29). The highest BCUT2D eigenvalue weighted by Gasteiger charge is 2.59. The minimum atomic E-state index is -4.86. The maximum atomic E-state index is 14.1. The highest BCUT2D eigenvalue weighted by atomic mass is 35.5. The summed E-state index contributed by atoms with van der Waals surface area (Å²) in [4.78, 5) is 16.4. The third-order valence-electron chi connectivity index (χ3n) is 4.49. The second-order valence-electron chi connectivity index (χ2n) is 6.49. The fraction of sp³-hybridized carbons (Fsp3) is 0.211. The Morgan fingerprint density at radius 1 is 1.10 bits per heavy atom. The van der Waals surface area contributed by atoms with Crippen LogP contribution in [-0.4, -0.2) is 17.8 Å². The first kappa shape index (κ1) is 24.4. The van der Waals surface area contributed by atoms with E-state index in [2.05, 4.69) is 23.4 Å². The molecule has 1 amide bonds. The van der Waals surface area contributed by atoms with Gasteiger partial charge in [-0.3, -0.25) is 15.1 Å². The summed E-state index contributed by atoms with van der Waals surface area (Å²) in [6.45, 7) is 0.149. The van der Waals surface area contributed by atoms with Crippen LogP contribution in [0.5, 0.6) is 0 Å². The van der Waals surface area contributed by atoms with Gasteiger partial charge in [0.1, 0.15) is 0 Å². The Labute approximate surface area is 201 Å². The Balaban J connectivity index is 1.99. The molecule has 2 aromatic rings. The number of hydroxylamine groups is 1. The molecule has 3 rings (SSSR count). The van der Waals surface area contributed by atoms with Gasteiger partial charge in [0, 0.05) is 22.7 Å². The van der Waals surface area contributed by atoms with E-state index in [0.717, 1.165) is 18.2 Å². The first-order valence-electron chi connectivity index (χ1n) is 8.53. The number of alkyl halides is 3. The van der Waals surface area contributed by atoms with Crippen molar-refractivity contribution in [3.8, 4) is 0 Å². The van der Waals surface area contributed by atoms with Gasteiger partial charge < -0.3 is 5.32 Å². The van der Waals surface area contributed by atoms with Crippen molar-refractivity contribution in [2.45, 2.75) is 18.3 Å². The molecular weight excluding hydrogens is 519 g/mol. The van der Waals surface area contributed by atoms with Gasteiger partial charge in [-0.25, -0.2) is 0 Å². The molecule has 2 N–H and O–H groups in total. The van der Waals surface area contributed by atoms with Gasteiger partial charge in [-0.15, -0.1) is 0 Å². The maximum Gasteiger partial charge on any atom is 0.428 e. The third kappa shape index (κ3) is 4.89. The first-order chi connectivity index (χ1) is 14.5. The summed E-state index contributed by atoms with van der Waals surface area (Å²) in [6.07, 6.45) is -3.99. The largest absolute Gasteiger partial charge is 0.428 e. The molecule has 2 aromatic carbocycles. The quantitative estimate of drug-likeness (QED) is 0.319. The number of benzene rings is 2. The van der Waals surface area contributed by atoms with Crippen molar-refractivity contribution >= 4 is 70.6 Å². The van der Waals surface area contributed by atoms with Crippen LogP contribution < -0.4 is 10.8 Å². The molecule has 0 radical (unpaired) electrons. The number of nitrogens with one attached hydrogen (secondary N) is 2. The van der Waals surface area contributed by atoms with Crippen molar-refractivity contribution < 1.29 is 22.8 Å². The first-order valence-corrected chi connectivity index (χ1v) is 10.7. The van der Waals surface area contributed by atoms with E-state index in [1.54, 1.807) is 12.1 Å². The van der Waals surface area contributed by atoms with Gasteiger partial charge in [0.15, 0.2) is 0 Å². The van der Waals surface area contributed by atoms with Crippen molar-refractivity contribution in [2.75, 3.05) is 5.75 Å². The van der Waals surface area contributed by atoms with E-state index in [1.807, 2.05) is 0 Å². The van der Waals surface area contributed by atoms with Crippen LogP contribution in [0.2, 0.25) is 20.1 Å². The zero-order valence-electron chi connectivity index (χ0n) is 15.3. The van der Waals surface area contributed by atoms with Gasteiger partial charge in [-0.05, 0) is 29.8 Å². The van der Waals surface area contributed by atoms with Gasteiger partial charge in [-0.2, -0.15) is 25.8 Å². The lowest BCUT2D eigenvalue weighted by atomic mass is 9.91. The van der Waals surface area contributed by atoms with Crippen LogP contribution in [0, 0.1) is 0 Å².